The lowest BCUT2D eigenvalue weighted by Gasteiger charge is -2.23. The molecule has 2 aromatic rings. The average Bonchev–Trinajstić information content (AvgIpc) is 2.80. The standard InChI is InChI=1S/C18H17ClN2O2S/c1-18(14-5-3-4-6-15(14)19)16(22)21(17(23)20-18)11-12-7-9-13(24-2)10-8-12/h3-10H,11H2,1-2H3,(H,20,23)/t18-/m0/s1. The van der Waals surface area contributed by atoms with E-state index in [1.165, 1.54) is 4.90 Å². The molecule has 0 saturated carbocycles. The Balaban J connectivity index is 1.87. The summed E-state index contributed by atoms with van der Waals surface area (Å²) in [4.78, 5) is 27.6. The van der Waals surface area contributed by atoms with Gasteiger partial charge in [-0.2, -0.15) is 0 Å². The SMILES string of the molecule is CSc1ccc(CN2C(=O)N[C@@](C)(c3ccccc3Cl)C2=O)cc1. The van der Waals surface area contributed by atoms with E-state index in [0.29, 0.717) is 10.6 Å². The van der Waals surface area contributed by atoms with E-state index in [1.807, 2.05) is 30.5 Å². The molecule has 1 heterocycles. The van der Waals surface area contributed by atoms with E-state index in [4.69, 9.17) is 11.6 Å². The van der Waals surface area contributed by atoms with Crippen LogP contribution in [0.15, 0.2) is 53.4 Å². The number of nitrogens with zero attached hydrogens (tertiary/aromatic N) is 1. The Morgan fingerprint density at radius 1 is 1.12 bits per heavy atom. The van der Waals surface area contributed by atoms with Gasteiger partial charge in [-0.15, -0.1) is 11.8 Å². The van der Waals surface area contributed by atoms with Crippen molar-refractivity contribution in [2.75, 3.05) is 6.26 Å². The molecule has 0 unspecified atom stereocenters. The largest absolute Gasteiger partial charge is 0.325 e. The minimum Gasteiger partial charge on any atom is -0.319 e. The maximum absolute atomic E-state index is 12.9. The van der Waals surface area contributed by atoms with Crippen LogP contribution < -0.4 is 5.32 Å². The summed E-state index contributed by atoms with van der Waals surface area (Å²) in [5.74, 6) is -0.297. The van der Waals surface area contributed by atoms with E-state index in [0.717, 1.165) is 10.5 Å². The van der Waals surface area contributed by atoms with Gasteiger partial charge in [-0.25, -0.2) is 4.79 Å². The first-order valence-corrected chi connectivity index (χ1v) is 9.08. The van der Waals surface area contributed by atoms with Gasteiger partial charge in [-0.3, -0.25) is 9.69 Å². The first-order chi connectivity index (χ1) is 11.5. The number of amides is 3. The third-order valence-electron chi connectivity index (χ3n) is 4.19. The molecule has 1 aliphatic rings. The predicted octanol–water partition coefficient (Wildman–Crippen LogP) is 4.03. The quantitative estimate of drug-likeness (QED) is 0.661. The smallest absolute Gasteiger partial charge is 0.319 e. The lowest BCUT2D eigenvalue weighted by molar-refractivity contribution is -0.131. The highest BCUT2D eigenvalue weighted by Crippen LogP contribution is 2.34. The fourth-order valence-electron chi connectivity index (χ4n) is 2.80. The molecule has 1 N–H and O–H groups in total. The highest BCUT2D eigenvalue weighted by Gasteiger charge is 2.49. The molecule has 0 bridgehead atoms. The molecule has 0 aliphatic carbocycles. The molecule has 3 rings (SSSR count). The molecule has 1 aliphatic heterocycles. The lowest BCUT2D eigenvalue weighted by atomic mass is 9.92. The van der Waals surface area contributed by atoms with Crippen molar-refractivity contribution < 1.29 is 9.59 Å². The van der Waals surface area contributed by atoms with E-state index in [2.05, 4.69) is 5.32 Å². The number of halogens is 1. The number of nitrogens with one attached hydrogen (secondary N) is 1. The Bertz CT molecular complexity index is 794. The highest BCUT2D eigenvalue weighted by molar-refractivity contribution is 7.98. The molecule has 24 heavy (non-hydrogen) atoms. The number of rotatable bonds is 4. The van der Waals surface area contributed by atoms with Crippen LogP contribution in [0.4, 0.5) is 4.79 Å². The van der Waals surface area contributed by atoms with Crippen LogP contribution in [0.1, 0.15) is 18.1 Å². The Labute approximate surface area is 150 Å². The van der Waals surface area contributed by atoms with Crippen molar-refractivity contribution in [3.63, 3.8) is 0 Å². The van der Waals surface area contributed by atoms with Gasteiger partial charge in [0.2, 0.25) is 0 Å². The summed E-state index contributed by atoms with van der Waals surface area (Å²) in [5, 5.41) is 3.24. The fraction of sp³-hybridized carbons (Fsp3) is 0.222. The van der Waals surface area contributed by atoms with Gasteiger partial charge in [0.1, 0.15) is 5.54 Å². The third kappa shape index (κ3) is 2.89. The second-order valence-corrected chi connectivity index (χ2v) is 7.06. The van der Waals surface area contributed by atoms with Crippen LogP contribution in [0, 0.1) is 0 Å². The molecule has 0 radical (unpaired) electrons. The predicted molar refractivity (Wildman–Crippen MR) is 96.1 cm³/mol. The van der Waals surface area contributed by atoms with E-state index in [9.17, 15) is 9.59 Å². The van der Waals surface area contributed by atoms with Gasteiger partial charge in [0.05, 0.1) is 6.54 Å². The molecule has 1 fully saturated rings. The topological polar surface area (TPSA) is 49.4 Å². The van der Waals surface area contributed by atoms with Crippen LogP contribution in [0.3, 0.4) is 0 Å². The van der Waals surface area contributed by atoms with Crippen molar-refractivity contribution >= 4 is 35.3 Å². The number of benzene rings is 2. The summed E-state index contributed by atoms with van der Waals surface area (Å²) in [6, 6.07) is 14.5. The Morgan fingerprint density at radius 3 is 2.42 bits per heavy atom. The van der Waals surface area contributed by atoms with Crippen molar-refractivity contribution in [1.82, 2.24) is 10.2 Å². The molecule has 6 heteroatoms. The van der Waals surface area contributed by atoms with Gasteiger partial charge in [-0.1, -0.05) is 41.9 Å². The highest BCUT2D eigenvalue weighted by atomic mass is 35.5. The molecule has 1 saturated heterocycles. The normalized spacial score (nSPS) is 20.4. The lowest BCUT2D eigenvalue weighted by Crippen LogP contribution is -2.41. The summed E-state index contributed by atoms with van der Waals surface area (Å²) >= 11 is 7.87. The second kappa shape index (κ2) is 6.49. The average molecular weight is 361 g/mol. The number of urea groups is 1. The number of thioether (sulfide) groups is 1. The summed E-state index contributed by atoms with van der Waals surface area (Å²) in [5.41, 5.74) is 0.360. The van der Waals surface area contributed by atoms with Crippen LogP contribution in [0.25, 0.3) is 0 Å². The zero-order chi connectivity index (χ0) is 17.3. The van der Waals surface area contributed by atoms with Gasteiger partial charge in [0.15, 0.2) is 0 Å². The summed E-state index contributed by atoms with van der Waals surface area (Å²) in [6.45, 7) is 1.92. The van der Waals surface area contributed by atoms with Crippen LogP contribution in [0.2, 0.25) is 5.02 Å². The van der Waals surface area contributed by atoms with Crippen LogP contribution in [-0.2, 0) is 16.9 Å². The number of carbonyl (C=O) groups is 2. The first-order valence-electron chi connectivity index (χ1n) is 7.48. The van der Waals surface area contributed by atoms with Crippen molar-refractivity contribution in [1.29, 1.82) is 0 Å². The minimum absolute atomic E-state index is 0.235. The molecular formula is C18H17ClN2O2S. The number of carbonyl (C=O) groups excluding carboxylic acids is 2. The number of imide groups is 1. The minimum atomic E-state index is -1.14. The Hall–Kier alpha value is -1.98. The van der Waals surface area contributed by atoms with Crippen LogP contribution >= 0.6 is 23.4 Å². The van der Waals surface area contributed by atoms with Gasteiger partial charge in [0, 0.05) is 15.5 Å². The molecule has 0 spiro atoms. The van der Waals surface area contributed by atoms with E-state index < -0.39 is 11.6 Å². The molecule has 3 amide bonds. The van der Waals surface area contributed by atoms with Gasteiger partial charge in [0.25, 0.3) is 5.91 Å². The second-order valence-electron chi connectivity index (χ2n) is 5.77. The maximum Gasteiger partial charge on any atom is 0.325 e. The molecular weight excluding hydrogens is 344 g/mol. The molecule has 2 aromatic carbocycles. The maximum atomic E-state index is 12.9. The van der Waals surface area contributed by atoms with Gasteiger partial charge >= 0.3 is 6.03 Å². The summed E-state index contributed by atoms with van der Waals surface area (Å²) in [6.07, 6.45) is 2.00. The monoisotopic (exact) mass is 360 g/mol. The fourth-order valence-corrected chi connectivity index (χ4v) is 3.54. The van der Waals surface area contributed by atoms with Crippen molar-refractivity contribution in [3.8, 4) is 0 Å². The molecule has 0 aromatic heterocycles. The zero-order valence-corrected chi connectivity index (χ0v) is 14.9. The zero-order valence-electron chi connectivity index (χ0n) is 13.4. The van der Waals surface area contributed by atoms with Crippen molar-refractivity contribution in [2.45, 2.75) is 23.9 Å². The number of hydrogen-bond donors (Lipinski definition) is 1. The third-order valence-corrected chi connectivity index (χ3v) is 5.26. The Morgan fingerprint density at radius 2 is 1.79 bits per heavy atom. The van der Waals surface area contributed by atoms with E-state index >= 15 is 0 Å². The van der Waals surface area contributed by atoms with Crippen molar-refractivity contribution in [3.05, 3.63) is 64.7 Å². The molecule has 4 nitrogen and oxygen atoms in total. The summed E-state index contributed by atoms with van der Waals surface area (Å²) < 4.78 is 0. The summed E-state index contributed by atoms with van der Waals surface area (Å²) in [7, 11) is 0. The van der Waals surface area contributed by atoms with Crippen LogP contribution in [-0.4, -0.2) is 23.1 Å². The first kappa shape index (κ1) is 16.9. The number of hydrogen-bond acceptors (Lipinski definition) is 3. The Kier molecular flexibility index (Phi) is 4.56. The van der Waals surface area contributed by atoms with E-state index in [-0.39, 0.29) is 12.5 Å². The van der Waals surface area contributed by atoms with Crippen LogP contribution in [0.5, 0.6) is 0 Å². The van der Waals surface area contributed by atoms with Gasteiger partial charge < -0.3 is 5.32 Å². The molecule has 124 valence electrons. The van der Waals surface area contributed by atoms with Gasteiger partial charge in [-0.05, 0) is 36.9 Å². The van der Waals surface area contributed by atoms with Crippen molar-refractivity contribution in [2.24, 2.45) is 0 Å². The molecule has 1 atom stereocenters. The van der Waals surface area contributed by atoms with E-state index in [1.54, 1.807) is 43.0 Å².